The number of nitrogens with two attached hydrogens (primary N) is 1. The van der Waals surface area contributed by atoms with E-state index in [4.69, 9.17) is 5.73 Å². The summed E-state index contributed by atoms with van der Waals surface area (Å²) in [5, 5.41) is 0. The minimum Gasteiger partial charge on any atom is -0.399 e. The van der Waals surface area contributed by atoms with E-state index in [-0.39, 0.29) is 18.7 Å². The third-order valence-electron chi connectivity index (χ3n) is 2.50. The van der Waals surface area contributed by atoms with E-state index < -0.39 is 26.6 Å². The van der Waals surface area contributed by atoms with Crippen LogP contribution in [0, 0.1) is 11.6 Å². The lowest BCUT2D eigenvalue weighted by molar-refractivity contribution is 0.515. The Labute approximate surface area is 114 Å². The second kappa shape index (κ2) is 5.55. The van der Waals surface area contributed by atoms with Gasteiger partial charge in [-0.1, -0.05) is 0 Å². The molecule has 1 aromatic carbocycles. The normalized spacial score (nSPS) is 11.7. The molecule has 2 aromatic rings. The number of nitrogens with one attached hydrogen (secondary N) is 2. The van der Waals surface area contributed by atoms with Crippen molar-refractivity contribution in [2.45, 2.75) is 11.3 Å². The van der Waals surface area contributed by atoms with E-state index in [1.165, 1.54) is 6.20 Å². The van der Waals surface area contributed by atoms with Crippen molar-refractivity contribution < 1.29 is 17.2 Å². The van der Waals surface area contributed by atoms with Gasteiger partial charge < -0.3 is 10.7 Å². The molecular weight excluding hydrogens is 290 g/mol. The number of nitrogens with zero attached hydrogens (tertiary/aromatic N) is 1. The molecule has 1 heterocycles. The minimum atomic E-state index is -4.29. The highest BCUT2D eigenvalue weighted by Gasteiger charge is 2.24. The molecule has 1 aromatic heterocycles. The standard InChI is InChI=1S/C11H12F2N4O2S/c12-8-5-7(14)6-9(13)11(8)20(18,19)17-2-1-10-15-3-4-16-10/h3-6,17H,1-2,14H2,(H,15,16). The Kier molecular flexibility index (Phi) is 4.00. The summed E-state index contributed by atoms with van der Waals surface area (Å²) in [5.74, 6) is -1.90. The van der Waals surface area contributed by atoms with Crippen LogP contribution in [0.5, 0.6) is 0 Å². The largest absolute Gasteiger partial charge is 0.399 e. The Bertz CT molecular complexity index is 678. The van der Waals surface area contributed by atoms with Gasteiger partial charge in [-0.25, -0.2) is 26.9 Å². The molecule has 0 aliphatic rings. The van der Waals surface area contributed by atoms with Gasteiger partial charge in [0, 0.05) is 31.0 Å². The highest BCUT2D eigenvalue weighted by Crippen LogP contribution is 2.21. The van der Waals surface area contributed by atoms with Crippen LogP contribution < -0.4 is 10.5 Å². The van der Waals surface area contributed by atoms with E-state index in [0.29, 0.717) is 5.82 Å². The Balaban J connectivity index is 2.14. The number of nitrogen functional groups attached to an aromatic ring is 1. The molecule has 0 radical (unpaired) electrons. The van der Waals surface area contributed by atoms with Gasteiger partial charge in [-0.05, 0) is 12.1 Å². The van der Waals surface area contributed by atoms with Crippen molar-refractivity contribution in [3.8, 4) is 0 Å². The maximum absolute atomic E-state index is 13.5. The van der Waals surface area contributed by atoms with Gasteiger partial charge in [-0.15, -0.1) is 0 Å². The van der Waals surface area contributed by atoms with Crippen molar-refractivity contribution in [3.63, 3.8) is 0 Å². The zero-order valence-corrected chi connectivity index (χ0v) is 11.0. The number of H-pyrrole nitrogens is 1. The molecule has 0 unspecified atom stereocenters. The van der Waals surface area contributed by atoms with Crippen molar-refractivity contribution in [1.29, 1.82) is 0 Å². The van der Waals surface area contributed by atoms with Crippen molar-refractivity contribution >= 4 is 15.7 Å². The van der Waals surface area contributed by atoms with Crippen LogP contribution in [0.4, 0.5) is 14.5 Å². The Morgan fingerprint density at radius 3 is 2.50 bits per heavy atom. The zero-order chi connectivity index (χ0) is 14.8. The molecular formula is C11H12F2N4O2S. The molecule has 0 amide bonds. The molecule has 2 rings (SSSR count). The van der Waals surface area contributed by atoms with E-state index in [1.54, 1.807) is 6.20 Å². The predicted molar refractivity (Wildman–Crippen MR) is 68.3 cm³/mol. The molecule has 20 heavy (non-hydrogen) atoms. The highest BCUT2D eigenvalue weighted by atomic mass is 32.2. The van der Waals surface area contributed by atoms with Gasteiger partial charge in [0.2, 0.25) is 10.0 Å². The van der Waals surface area contributed by atoms with E-state index in [2.05, 4.69) is 14.7 Å². The maximum Gasteiger partial charge on any atom is 0.246 e. The number of aromatic nitrogens is 2. The summed E-state index contributed by atoms with van der Waals surface area (Å²) in [6.45, 7) is -0.0426. The number of hydrogen-bond donors (Lipinski definition) is 3. The lowest BCUT2D eigenvalue weighted by atomic mass is 10.3. The molecule has 4 N–H and O–H groups in total. The van der Waals surface area contributed by atoms with Crippen LogP contribution in [-0.2, 0) is 16.4 Å². The first-order valence-corrected chi connectivity index (χ1v) is 7.11. The minimum absolute atomic E-state index is 0.0426. The van der Waals surface area contributed by atoms with Gasteiger partial charge in [0.05, 0.1) is 0 Å². The molecule has 108 valence electrons. The number of anilines is 1. The first kappa shape index (κ1) is 14.4. The molecule has 6 nitrogen and oxygen atoms in total. The number of hydrogen-bond acceptors (Lipinski definition) is 4. The van der Waals surface area contributed by atoms with Gasteiger partial charge in [-0.3, -0.25) is 0 Å². The third-order valence-corrected chi connectivity index (χ3v) is 4.01. The van der Waals surface area contributed by atoms with Crippen molar-refractivity contribution in [3.05, 3.63) is 42.0 Å². The number of rotatable bonds is 5. The van der Waals surface area contributed by atoms with Crippen LogP contribution in [0.15, 0.2) is 29.4 Å². The maximum atomic E-state index is 13.5. The molecule has 0 saturated carbocycles. The number of imidazole rings is 1. The SMILES string of the molecule is Nc1cc(F)c(S(=O)(=O)NCCc2ncc[nH]2)c(F)c1. The summed E-state index contributed by atoms with van der Waals surface area (Å²) in [4.78, 5) is 5.65. The van der Waals surface area contributed by atoms with Gasteiger partial charge in [0.15, 0.2) is 4.90 Å². The molecule has 0 fully saturated rings. The fourth-order valence-corrected chi connectivity index (χ4v) is 2.79. The number of halogens is 2. The molecule has 0 atom stereocenters. The number of aromatic amines is 1. The summed E-state index contributed by atoms with van der Waals surface area (Å²) < 4.78 is 52.9. The van der Waals surface area contributed by atoms with Crippen LogP contribution >= 0.6 is 0 Å². The van der Waals surface area contributed by atoms with Gasteiger partial charge in [0.25, 0.3) is 0 Å². The summed E-state index contributed by atoms with van der Waals surface area (Å²) in [7, 11) is -4.29. The topological polar surface area (TPSA) is 101 Å². The Hall–Kier alpha value is -2.00. The first-order valence-electron chi connectivity index (χ1n) is 5.62. The molecule has 0 aliphatic heterocycles. The molecule has 0 spiro atoms. The van der Waals surface area contributed by atoms with Crippen LogP contribution in [0.25, 0.3) is 0 Å². The lowest BCUT2D eigenvalue weighted by Gasteiger charge is -2.08. The zero-order valence-electron chi connectivity index (χ0n) is 10.2. The number of sulfonamides is 1. The molecule has 0 aliphatic carbocycles. The Morgan fingerprint density at radius 1 is 1.30 bits per heavy atom. The van der Waals surface area contributed by atoms with Gasteiger partial charge in [-0.2, -0.15) is 0 Å². The fraction of sp³-hybridized carbons (Fsp3) is 0.182. The van der Waals surface area contributed by atoms with E-state index >= 15 is 0 Å². The van der Waals surface area contributed by atoms with Crippen molar-refractivity contribution in [2.75, 3.05) is 12.3 Å². The molecule has 0 saturated heterocycles. The van der Waals surface area contributed by atoms with E-state index in [9.17, 15) is 17.2 Å². The van der Waals surface area contributed by atoms with E-state index in [1.807, 2.05) is 0 Å². The van der Waals surface area contributed by atoms with Crippen LogP contribution in [0.1, 0.15) is 5.82 Å². The van der Waals surface area contributed by atoms with Crippen LogP contribution in [0.2, 0.25) is 0 Å². The van der Waals surface area contributed by atoms with E-state index in [0.717, 1.165) is 12.1 Å². The monoisotopic (exact) mass is 302 g/mol. The van der Waals surface area contributed by atoms with Gasteiger partial charge >= 0.3 is 0 Å². The van der Waals surface area contributed by atoms with Gasteiger partial charge in [0.1, 0.15) is 17.5 Å². The summed E-state index contributed by atoms with van der Waals surface area (Å²) in [5.41, 5.74) is 5.04. The third kappa shape index (κ3) is 3.11. The Morgan fingerprint density at radius 2 is 1.95 bits per heavy atom. The molecule has 9 heteroatoms. The average Bonchev–Trinajstić information content (AvgIpc) is 2.79. The fourth-order valence-electron chi connectivity index (χ4n) is 1.65. The molecule has 0 bridgehead atoms. The first-order chi connectivity index (χ1) is 9.40. The lowest BCUT2D eigenvalue weighted by Crippen LogP contribution is -2.28. The summed E-state index contributed by atoms with van der Waals surface area (Å²) >= 11 is 0. The van der Waals surface area contributed by atoms with Crippen molar-refractivity contribution in [2.24, 2.45) is 0 Å². The summed E-state index contributed by atoms with van der Waals surface area (Å²) in [6, 6.07) is 1.51. The quantitative estimate of drug-likeness (QED) is 0.711. The smallest absolute Gasteiger partial charge is 0.246 e. The summed E-state index contributed by atoms with van der Waals surface area (Å²) in [6.07, 6.45) is 3.37. The van der Waals surface area contributed by atoms with Crippen molar-refractivity contribution in [1.82, 2.24) is 14.7 Å². The highest BCUT2D eigenvalue weighted by molar-refractivity contribution is 7.89. The second-order valence-corrected chi connectivity index (χ2v) is 5.70. The van der Waals surface area contributed by atoms with Crippen LogP contribution in [0.3, 0.4) is 0 Å². The average molecular weight is 302 g/mol. The second-order valence-electron chi connectivity index (χ2n) is 4.00. The number of benzene rings is 1. The van der Waals surface area contributed by atoms with Crippen LogP contribution in [-0.4, -0.2) is 24.9 Å². The predicted octanol–water partition coefficient (Wildman–Crippen LogP) is 0.791.